The number of hydrogen-bond acceptors (Lipinski definition) is 5. The zero-order valence-corrected chi connectivity index (χ0v) is 22.7. The summed E-state index contributed by atoms with van der Waals surface area (Å²) < 4.78 is 33.4. The van der Waals surface area contributed by atoms with Crippen LogP contribution in [0, 0.1) is 13.8 Å². The summed E-state index contributed by atoms with van der Waals surface area (Å²) in [7, 11) is -2.61. The number of aryl methyl sites for hydroxylation is 2. The molecular formula is C30H26ClNO5S. The van der Waals surface area contributed by atoms with Gasteiger partial charge >= 0.3 is 5.97 Å². The van der Waals surface area contributed by atoms with Crippen molar-refractivity contribution in [2.75, 3.05) is 11.4 Å². The number of carbonyl (C=O) groups is 2. The fraction of sp³-hybridized carbons (Fsp3) is 0.133. The van der Waals surface area contributed by atoms with Gasteiger partial charge in [-0.3, -0.25) is 9.10 Å². The second-order valence-electron chi connectivity index (χ2n) is 8.91. The largest absolute Gasteiger partial charge is 0.445 e. The van der Waals surface area contributed by atoms with Gasteiger partial charge in [0.2, 0.25) is 5.78 Å². The molecule has 0 saturated heterocycles. The number of anilines is 1. The van der Waals surface area contributed by atoms with E-state index >= 15 is 0 Å². The van der Waals surface area contributed by atoms with Gasteiger partial charge in [-0.25, -0.2) is 13.2 Å². The standard InChI is InChI=1S/C30H26ClNO5S/c1-20-10-14-22(15-11-20)28(33)29(23-16-12-21(2)13-17-23)37-30(34)24-6-4-9-27(18-24)38(35,36)32(3)26-8-5-7-25(31)19-26/h4-19,29H,1-3H3. The molecular weight excluding hydrogens is 522 g/mol. The molecule has 6 nitrogen and oxygen atoms in total. The van der Waals surface area contributed by atoms with E-state index in [1.807, 2.05) is 38.1 Å². The van der Waals surface area contributed by atoms with E-state index in [-0.39, 0.29) is 16.2 Å². The Morgan fingerprint density at radius 2 is 1.39 bits per heavy atom. The molecule has 0 heterocycles. The zero-order chi connectivity index (χ0) is 27.4. The van der Waals surface area contributed by atoms with E-state index < -0.39 is 22.1 Å². The highest BCUT2D eigenvalue weighted by molar-refractivity contribution is 7.92. The van der Waals surface area contributed by atoms with Gasteiger partial charge in [-0.1, -0.05) is 83.4 Å². The van der Waals surface area contributed by atoms with Crippen molar-refractivity contribution in [3.63, 3.8) is 0 Å². The van der Waals surface area contributed by atoms with E-state index in [0.29, 0.717) is 21.8 Å². The van der Waals surface area contributed by atoms with Crippen LogP contribution in [-0.2, 0) is 14.8 Å². The van der Waals surface area contributed by atoms with Gasteiger partial charge in [-0.15, -0.1) is 0 Å². The van der Waals surface area contributed by atoms with Gasteiger partial charge in [0.25, 0.3) is 10.0 Å². The molecule has 0 bridgehead atoms. The van der Waals surface area contributed by atoms with Crippen molar-refractivity contribution in [1.82, 2.24) is 0 Å². The first-order chi connectivity index (χ1) is 18.1. The number of rotatable bonds is 8. The summed E-state index contributed by atoms with van der Waals surface area (Å²) in [5.74, 6) is -1.20. The first kappa shape index (κ1) is 27.1. The predicted octanol–water partition coefficient (Wildman–Crippen LogP) is 6.56. The first-order valence-corrected chi connectivity index (χ1v) is 13.6. The molecule has 0 aliphatic heterocycles. The van der Waals surface area contributed by atoms with E-state index in [0.717, 1.165) is 15.4 Å². The van der Waals surface area contributed by atoms with Crippen LogP contribution < -0.4 is 4.31 Å². The quantitative estimate of drug-likeness (QED) is 0.184. The second kappa shape index (κ2) is 11.2. The van der Waals surface area contributed by atoms with Gasteiger partial charge < -0.3 is 4.74 Å². The number of benzene rings is 4. The van der Waals surface area contributed by atoms with Crippen LogP contribution in [0.4, 0.5) is 5.69 Å². The number of halogens is 1. The smallest absolute Gasteiger partial charge is 0.339 e. The van der Waals surface area contributed by atoms with Crippen molar-refractivity contribution >= 4 is 39.1 Å². The lowest BCUT2D eigenvalue weighted by molar-refractivity contribution is 0.0279. The minimum Gasteiger partial charge on any atom is -0.445 e. The lowest BCUT2D eigenvalue weighted by atomic mass is 9.98. The Morgan fingerprint density at radius 3 is 2.03 bits per heavy atom. The summed E-state index contributed by atoms with van der Waals surface area (Å²) in [6, 6.07) is 26.1. The summed E-state index contributed by atoms with van der Waals surface area (Å²) in [5, 5.41) is 0.391. The monoisotopic (exact) mass is 547 g/mol. The third-order valence-electron chi connectivity index (χ3n) is 6.08. The van der Waals surface area contributed by atoms with Gasteiger partial charge in [0.15, 0.2) is 6.10 Å². The molecule has 0 amide bonds. The average Bonchev–Trinajstić information content (AvgIpc) is 2.92. The molecule has 0 aliphatic carbocycles. The molecule has 4 aromatic carbocycles. The minimum atomic E-state index is -4.01. The predicted molar refractivity (Wildman–Crippen MR) is 148 cm³/mol. The number of Topliss-reactive ketones (excluding diaryl/α,β-unsaturated/α-hetero) is 1. The van der Waals surface area contributed by atoms with Gasteiger partial charge in [0.05, 0.1) is 16.1 Å². The number of ether oxygens (including phenoxy) is 1. The molecule has 1 unspecified atom stereocenters. The van der Waals surface area contributed by atoms with Gasteiger partial charge in [-0.2, -0.15) is 0 Å². The average molecular weight is 548 g/mol. The number of hydrogen-bond donors (Lipinski definition) is 0. The van der Waals surface area contributed by atoms with Crippen molar-refractivity contribution in [3.8, 4) is 0 Å². The molecule has 0 fully saturated rings. The first-order valence-electron chi connectivity index (χ1n) is 11.8. The van der Waals surface area contributed by atoms with Crippen LogP contribution in [0.15, 0.2) is 102 Å². The Kier molecular flexibility index (Phi) is 7.99. The molecule has 1 atom stereocenters. The molecule has 0 spiro atoms. The van der Waals surface area contributed by atoms with E-state index in [9.17, 15) is 18.0 Å². The maximum atomic E-state index is 13.4. The Hall–Kier alpha value is -3.94. The fourth-order valence-corrected chi connectivity index (χ4v) is 5.23. The molecule has 0 radical (unpaired) electrons. The van der Waals surface area contributed by atoms with Crippen LogP contribution in [0.5, 0.6) is 0 Å². The summed E-state index contributed by atoms with van der Waals surface area (Å²) in [6.45, 7) is 3.83. The van der Waals surface area contributed by atoms with Crippen LogP contribution in [-0.4, -0.2) is 27.2 Å². The van der Waals surface area contributed by atoms with Crippen LogP contribution in [0.3, 0.4) is 0 Å². The van der Waals surface area contributed by atoms with Gasteiger partial charge in [0, 0.05) is 23.2 Å². The molecule has 38 heavy (non-hydrogen) atoms. The molecule has 8 heteroatoms. The van der Waals surface area contributed by atoms with E-state index in [2.05, 4.69) is 0 Å². The highest BCUT2D eigenvalue weighted by Crippen LogP contribution is 2.28. The summed E-state index contributed by atoms with van der Waals surface area (Å²) in [5.41, 5.74) is 3.26. The maximum absolute atomic E-state index is 13.4. The Bertz CT molecular complexity index is 1580. The highest BCUT2D eigenvalue weighted by Gasteiger charge is 2.28. The molecule has 0 aromatic heterocycles. The number of sulfonamides is 1. The fourth-order valence-electron chi connectivity index (χ4n) is 3.81. The van der Waals surface area contributed by atoms with E-state index in [1.54, 1.807) is 42.5 Å². The van der Waals surface area contributed by atoms with E-state index in [4.69, 9.17) is 16.3 Å². The summed E-state index contributed by atoms with van der Waals surface area (Å²) >= 11 is 6.03. The lowest BCUT2D eigenvalue weighted by Gasteiger charge is -2.20. The van der Waals surface area contributed by atoms with Crippen molar-refractivity contribution in [3.05, 3.63) is 130 Å². The van der Waals surface area contributed by atoms with Crippen molar-refractivity contribution < 1.29 is 22.7 Å². The van der Waals surface area contributed by atoms with Gasteiger partial charge in [0.1, 0.15) is 0 Å². The zero-order valence-electron chi connectivity index (χ0n) is 21.1. The Balaban J connectivity index is 1.65. The SMILES string of the molecule is Cc1ccc(C(=O)C(OC(=O)c2cccc(S(=O)(=O)N(C)c3cccc(Cl)c3)c2)c2ccc(C)cc2)cc1. The van der Waals surface area contributed by atoms with Crippen molar-refractivity contribution in [1.29, 1.82) is 0 Å². The molecule has 0 N–H and O–H groups in total. The molecule has 194 valence electrons. The van der Waals surface area contributed by atoms with E-state index in [1.165, 1.54) is 37.4 Å². The molecule has 4 aromatic rings. The van der Waals surface area contributed by atoms with Crippen LogP contribution in [0.25, 0.3) is 0 Å². The number of ketones is 1. The third-order valence-corrected chi connectivity index (χ3v) is 8.10. The van der Waals surface area contributed by atoms with Crippen LogP contribution in [0.1, 0.15) is 43.5 Å². The summed E-state index contributed by atoms with van der Waals surface area (Å²) in [6.07, 6.45) is -1.21. The summed E-state index contributed by atoms with van der Waals surface area (Å²) in [4.78, 5) is 26.6. The molecule has 0 saturated carbocycles. The topological polar surface area (TPSA) is 80.8 Å². The maximum Gasteiger partial charge on any atom is 0.339 e. The van der Waals surface area contributed by atoms with Crippen LogP contribution >= 0.6 is 11.6 Å². The van der Waals surface area contributed by atoms with Crippen molar-refractivity contribution in [2.24, 2.45) is 0 Å². The highest BCUT2D eigenvalue weighted by atomic mass is 35.5. The van der Waals surface area contributed by atoms with Gasteiger partial charge in [-0.05, 0) is 50.2 Å². The third kappa shape index (κ3) is 5.96. The molecule has 0 aliphatic rings. The molecule has 4 rings (SSSR count). The Morgan fingerprint density at radius 1 is 0.789 bits per heavy atom. The second-order valence-corrected chi connectivity index (χ2v) is 11.3. The van der Waals surface area contributed by atoms with Crippen LogP contribution in [0.2, 0.25) is 5.02 Å². The lowest BCUT2D eigenvalue weighted by Crippen LogP contribution is -2.27. The number of esters is 1. The number of nitrogens with zero attached hydrogens (tertiary/aromatic N) is 1. The number of carbonyl (C=O) groups excluding carboxylic acids is 2. The van der Waals surface area contributed by atoms with Crippen molar-refractivity contribution in [2.45, 2.75) is 24.8 Å². The minimum absolute atomic E-state index is 0.000568. The Labute approximate surface area is 227 Å². The normalized spacial score (nSPS) is 12.0.